The van der Waals surface area contributed by atoms with Gasteiger partial charge in [0, 0.05) is 24.5 Å². The molecule has 0 aromatic heterocycles. The minimum Gasteiger partial charge on any atom is -0.391 e. The predicted molar refractivity (Wildman–Crippen MR) is 76.1 cm³/mol. The van der Waals surface area contributed by atoms with Gasteiger partial charge in [-0.3, -0.25) is 4.79 Å². The highest BCUT2D eigenvalue weighted by Gasteiger charge is 2.26. The normalized spacial score (nSPS) is 23.4. The number of carbonyl (C=O) groups excluding carboxylic acids is 1. The number of β-amino-alcohol motifs (C(OH)–C–C–N with tert-alkyl or cyclic N) is 1. The van der Waals surface area contributed by atoms with Crippen molar-refractivity contribution < 1.29 is 9.90 Å². The van der Waals surface area contributed by atoms with Crippen LogP contribution in [0.25, 0.3) is 0 Å². The van der Waals surface area contributed by atoms with E-state index in [2.05, 4.69) is 0 Å². The van der Waals surface area contributed by atoms with Crippen LogP contribution in [-0.2, 0) is 11.2 Å². The molecule has 1 heterocycles. The summed E-state index contributed by atoms with van der Waals surface area (Å²) < 4.78 is 0. The number of rotatable bonds is 3. The fourth-order valence-electron chi connectivity index (χ4n) is 2.34. The Balaban J connectivity index is 1.83. The number of piperidine rings is 1. The summed E-state index contributed by atoms with van der Waals surface area (Å²) in [4.78, 5) is 13.9. The van der Waals surface area contributed by atoms with Gasteiger partial charge in [0.05, 0.1) is 6.10 Å². The molecule has 1 N–H and O–H groups in total. The van der Waals surface area contributed by atoms with E-state index in [9.17, 15) is 9.90 Å². The molecule has 1 aromatic carbocycles. The summed E-state index contributed by atoms with van der Waals surface area (Å²) in [5.74, 6) is 0.418. The number of hydrogen-bond donors (Lipinski definition) is 1. The molecule has 0 bridgehead atoms. The summed E-state index contributed by atoms with van der Waals surface area (Å²) in [6.45, 7) is 3.26. The average Bonchev–Trinajstić information content (AvgIpc) is 2.41. The molecule has 0 spiro atoms. The Kier molecular flexibility index (Phi) is 4.83. The molecular formula is C15H20ClNO2. The fourth-order valence-corrected chi connectivity index (χ4v) is 2.46. The maximum absolute atomic E-state index is 12.1. The van der Waals surface area contributed by atoms with E-state index in [1.165, 1.54) is 0 Å². The van der Waals surface area contributed by atoms with Crippen molar-refractivity contribution in [1.82, 2.24) is 4.90 Å². The average molecular weight is 282 g/mol. The SMILES string of the molecule is CC1CCN(C(=O)CCc2ccc(Cl)cc2)CC1O. The minimum absolute atomic E-state index is 0.126. The van der Waals surface area contributed by atoms with Crippen LogP contribution in [0.2, 0.25) is 5.02 Å². The Morgan fingerprint density at radius 3 is 2.74 bits per heavy atom. The molecule has 1 aliphatic heterocycles. The zero-order chi connectivity index (χ0) is 13.8. The third-order valence-corrected chi connectivity index (χ3v) is 4.06. The van der Waals surface area contributed by atoms with Gasteiger partial charge < -0.3 is 10.0 Å². The Labute approximate surface area is 119 Å². The molecule has 1 amide bonds. The molecule has 2 rings (SSSR count). The lowest BCUT2D eigenvalue weighted by Gasteiger charge is -2.34. The number of aliphatic hydroxyl groups is 1. The summed E-state index contributed by atoms with van der Waals surface area (Å²) in [5, 5.41) is 10.5. The van der Waals surface area contributed by atoms with E-state index in [1.54, 1.807) is 4.90 Å². The van der Waals surface area contributed by atoms with Crippen LogP contribution >= 0.6 is 11.6 Å². The molecule has 1 aliphatic rings. The zero-order valence-electron chi connectivity index (χ0n) is 11.2. The van der Waals surface area contributed by atoms with Crippen molar-refractivity contribution in [2.75, 3.05) is 13.1 Å². The lowest BCUT2D eigenvalue weighted by molar-refractivity contribution is -0.135. The van der Waals surface area contributed by atoms with Crippen LogP contribution in [0, 0.1) is 5.92 Å². The Hall–Kier alpha value is -1.06. The largest absolute Gasteiger partial charge is 0.391 e. The first-order chi connectivity index (χ1) is 9.06. The third kappa shape index (κ3) is 3.95. The number of likely N-dealkylation sites (tertiary alicyclic amines) is 1. The van der Waals surface area contributed by atoms with Gasteiger partial charge in [-0.15, -0.1) is 0 Å². The Morgan fingerprint density at radius 2 is 2.11 bits per heavy atom. The van der Waals surface area contributed by atoms with Gasteiger partial charge in [0.25, 0.3) is 0 Å². The second-order valence-corrected chi connectivity index (χ2v) is 5.74. The summed E-state index contributed by atoms with van der Waals surface area (Å²) in [6.07, 6.45) is 1.71. The highest BCUT2D eigenvalue weighted by molar-refractivity contribution is 6.30. The van der Waals surface area contributed by atoms with Gasteiger partial charge in [0.15, 0.2) is 0 Å². The first-order valence-corrected chi connectivity index (χ1v) is 7.14. The molecule has 19 heavy (non-hydrogen) atoms. The van der Waals surface area contributed by atoms with Crippen LogP contribution in [0.5, 0.6) is 0 Å². The Morgan fingerprint density at radius 1 is 1.42 bits per heavy atom. The number of aryl methyl sites for hydroxylation is 1. The van der Waals surface area contributed by atoms with E-state index < -0.39 is 0 Å². The number of aliphatic hydroxyl groups excluding tert-OH is 1. The van der Waals surface area contributed by atoms with Crippen LogP contribution in [-0.4, -0.2) is 35.1 Å². The molecule has 1 fully saturated rings. The van der Waals surface area contributed by atoms with E-state index in [1.807, 2.05) is 31.2 Å². The molecule has 4 heteroatoms. The molecule has 0 aliphatic carbocycles. The summed E-state index contributed by atoms with van der Waals surface area (Å²) in [6, 6.07) is 7.58. The van der Waals surface area contributed by atoms with E-state index >= 15 is 0 Å². The summed E-state index contributed by atoms with van der Waals surface area (Å²) in [7, 11) is 0. The van der Waals surface area contributed by atoms with Gasteiger partial charge >= 0.3 is 0 Å². The van der Waals surface area contributed by atoms with Crippen molar-refractivity contribution in [2.24, 2.45) is 5.92 Å². The number of benzene rings is 1. The van der Waals surface area contributed by atoms with Gasteiger partial charge in [0.1, 0.15) is 0 Å². The van der Waals surface area contributed by atoms with Crippen molar-refractivity contribution in [2.45, 2.75) is 32.3 Å². The zero-order valence-corrected chi connectivity index (χ0v) is 11.9. The number of amides is 1. The third-order valence-electron chi connectivity index (χ3n) is 3.81. The van der Waals surface area contributed by atoms with Crippen molar-refractivity contribution in [3.63, 3.8) is 0 Å². The van der Waals surface area contributed by atoms with Gasteiger partial charge in [-0.1, -0.05) is 30.7 Å². The molecule has 0 radical (unpaired) electrons. The fraction of sp³-hybridized carbons (Fsp3) is 0.533. The van der Waals surface area contributed by atoms with Gasteiger partial charge in [-0.25, -0.2) is 0 Å². The summed E-state index contributed by atoms with van der Waals surface area (Å²) >= 11 is 5.82. The predicted octanol–water partition coefficient (Wildman–Crippen LogP) is 2.50. The molecule has 0 saturated carbocycles. The van der Waals surface area contributed by atoms with E-state index in [-0.39, 0.29) is 12.0 Å². The van der Waals surface area contributed by atoms with Crippen LogP contribution < -0.4 is 0 Å². The molecule has 1 aromatic rings. The van der Waals surface area contributed by atoms with Crippen molar-refractivity contribution in [1.29, 1.82) is 0 Å². The van der Waals surface area contributed by atoms with Crippen LogP contribution in [0.3, 0.4) is 0 Å². The molecule has 3 nitrogen and oxygen atoms in total. The molecular weight excluding hydrogens is 262 g/mol. The second kappa shape index (κ2) is 6.40. The molecule has 2 atom stereocenters. The molecule has 2 unspecified atom stereocenters. The van der Waals surface area contributed by atoms with Crippen LogP contribution in [0.15, 0.2) is 24.3 Å². The number of nitrogens with zero attached hydrogens (tertiary/aromatic N) is 1. The van der Waals surface area contributed by atoms with Crippen molar-refractivity contribution in [3.05, 3.63) is 34.9 Å². The topological polar surface area (TPSA) is 40.5 Å². The second-order valence-electron chi connectivity index (χ2n) is 5.30. The van der Waals surface area contributed by atoms with Gasteiger partial charge in [0.2, 0.25) is 5.91 Å². The van der Waals surface area contributed by atoms with E-state index in [4.69, 9.17) is 11.6 Å². The first-order valence-electron chi connectivity index (χ1n) is 6.76. The van der Waals surface area contributed by atoms with Crippen LogP contribution in [0.4, 0.5) is 0 Å². The van der Waals surface area contributed by atoms with E-state index in [0.29, 0.717) is 23.9 Å². The van der Waals surface area contributed by atoms with Gasteiger partial charge in [-0.05, 0) is 36.5 Å². The first kappa shape index (κ1) is 14.4. The maximum atomic E-state index is 12.1. The monoisotopic (exact) mass is 281 g/mol. The molecule has 1 saturated heterocycles. The Bertz CT molecular complexity index is 432. The molecule has 104 valence electrons. The van der Waals surface area contributed by atoms with Gasteiger partial charge in [-0.2, -0.15) is 0 Å². The quantitative estimate of drug-likeness (QED) is 0.925. The summed E-state index contributed by atoms with van der Waals surface area (Å²) in [5.41, 5.74) is 1.11. The van der Waals surface area contributed by atoms with Crippen molar-refractivity contribution in [3.8, 4) is 0 Å². The number of hydrogen-bond acceptors (Lipinski definition) is 2. The smallest absolute Gasteiger partial charge is 0.222 e. The number of halogens is 1. The highest BCUT2D eigenvalue weighted by atomic mass is 35.5. The highest BCUT2D eigenvalue weighted by Crippen LogP contribution is 2.18. The lowest BCUT2D eigenvalue weighted by Crippen LogP contribution is -2.45. The van der Waals surface area contributed by atoms with Crippen molar-refractivity contribution >= 4 is 17.5 Å². The number of carbonyl (C=O) groups is 1. The van der Waals surface area contributed by atoms with Crippen LogP contribution in [0.1, 0.15) is 25.3 Å². The standard InChI is InChI=1S/C15H20ClNO2/c1-11-8-9-17(10-14(11)18)15(19)7-4-12-2-5-13(16)6-3-12/h2-3,5-6,11,14,18H,4,7-10H2,1H3. The lowest BCUT2D eigenvalue weighted by atomic mass is 9.95. The maximum Gasteiger partial charge on any atom is 0.222 e. The minimum atomic E-state index is -0.381. The van der Waals surface area contributed by atoms with E-state index in [0.717, 1.165) is 24.9 Å².